The molecule has 0 unspecified atom stereocenters. The minimum Gasteiger partial charge on any atom is -0.469 e. The maximum absolute atomic E-state index is 5.28. The summed E-state index contributed by atoms with van der Waals surface area (Å²) in [5.41, 5.74) is 2.19. The molecule has 16 heavy (non-hydrogen) atoms. The van der Waals surface area contributed by atoms with E-state index in [0.717, 1.165) is 28.6 Å². The van der Waals surface area contributed by atoms with Gasteiger partial charge in [-0.2, -0.15) is 0 Å². The molecule has 2 rings (SSSR count). The second kappa shape index (κ2) is 4.80. The third kappa shape index (κ3) is 2.51. The Kier molecular flexibility index (Phi) is 3.41. The van der Waals surface area contributed by atoms with E-state index in [-0.39, 0.29) is 0 Å². The molecule has 0 bridgehead atoms. The van der Waals surface area contributed by atoms with Crippen LogP contribution in [0.25, 0.3) is 10.6 Å². The van der Waals surface area contributed by atoms with Crippen LogP contribution in [0.1, 0.15) is 25.3 Å². The van der Waals surface area contributed by atoms with Crippen molar-refractivity contribution in [1.82, 2.24) is 10.3 Å². The molecule has 1 N–H and O–H groups in total. The van der Waals surface area contributed by atoms with Gasteiger partial charge in [0.25, 0.3) is 0 Å². The first-order valence-electron chi connectivity index (χ1n) is 5.39. The van der Waals surface area contributed by atoms with Gasteiger partial charge in [-0.1, -0.05) is 13.8 Å². The van der Waals surface area contributed by atoms with Gasteiger partial charge in [0.1, 0.15) is 10.8 Å². The van der Waals surface area contributed by atoms with Crippen molar-refractivity contribution >= 4 is 11.3 Å². The van der Waals surface area contributed by atoms with Crippen molar-refractivity contribution < 1.29 is 4.42 Å². The van der Waals surface area contributed by atoms with Crippen LogP contribution in [0.15, 0.2) is 22.1 Å². The molecule has 0 aliphatic rings. The lowest BCUT2D eigenvalue weighted by Gasteiger charge is -2.04. The molecule has 0 atom stereocenters. The Hall–Kier alpha value is -1.13. The largest absolute Gasteiger partial charge is 0.469 e. The summed E-state index contributed by atoms with van der Waals surface area (Å²) in [6.07, 6.45) is 1.71. The van der Waals surface area contributed by atoms with E-state index in [1.165, 1.54) is 0 Å². The summed E-state index contributed by atoms with van der Waals surface area (Å²) in [5.74, 6) is 0.928. The van der Waals surface area contributed by atoms with Crippen molar-refractivity contribution in [3.8, 4) is 10.6 Å². The van der Waals surface area contributed by atoms with Gasteiger partial charge >= 0.3 is 0 Å². The molecular formula is C12H16N2OS. The van der Waals surface area contributed by atoms with E-state index in [0.29, 0.717) is 6.04 Å². The Labute approximate surface area is 99.5 Å². The highest BCUT2D eigenvalue weighted by atomic mass is 32.1. The van der Waals surface area contributed by atoms with Crippen LogP contribution in [-0.2, 0) is 6.54 Å². The molecule has 0 aromatic carbocycles. The number of aromatic nitrogens is 1. The maximum atomic E-state index is 5.28. The Morgan fingerprint density at radius 3 is 2.94 bits per heavy atom. The van der Waals surface area contributed by atoms with Crippen molar-refractivity contribution in [3.63, 3.8) is 0 Å². The van der Waals surface area contributed by atoms with Gasteiger partial charge < -0.3 is 9.73 Å². The first kappa shape index (κ1) is 11.4. The minimum absolute atomic E-state index is 0.487. The molecule has 4 heteroatoms. The van der Waals surface area contributed by atoms with E-state index in [1.807, 2.05) is 13.0 Å². The van der Waals surface area contributed by atoms with E-state index in [4.69, 9.17) is 4.42 Å². The number of hydrogen-bond acceptors (Lipinski definition) is 4. The third-order valence-corrected chi connectivity index (χ3v) is 3.26. The van der Waals surface area contributed by atoms with Crippen molar-refractivity contribution in [2.45, 2.75) is 33.4 Å². The summed E-state index contributed by atoms with van der Waals surface area (Å²) in [5, 5.41) is 6.48. The third-order valence-electron chi connectivity index (χ3n) is 2.33. The maximum Gasteiger partial charge on any atom is 0.127 e. The lowest BCUT2D eigenvalue weighted by atomic mass is 10.3. The van der Waals surface area contributed by atoms with Gasteiger partial charge in [0.15, 0.2) is 0 Å². The molecule has 0 aliphatic heterocycles. The molecular weight excluding hydrogens is 220 g/mol. The van der Waals surface area contributed by atoms with Crippen LogP contribution < -0.4 is 5.32 Å². The zero-order valence-electron chi connectivity index (χ0n) is 9.78. The highest BCUT2D eigenvalue weighted by Gasteiger charge is 2.09. The van der Waals surface area contributed by atoms with Crippen LogP contribution in [-0.4, -0.2) is 11.0 Å². The average Bonchev–Trinajstić information content (AvgIpc) is 2.83. The number of hydrogen-bond donors (Lipinski definition) is 1. The van der Waals surface area contributed by atoms with Gasteiger partial charge in [-0.3, -0.25) is 0 Å². The zero-order chi connectivity index (χ0) is 11.5. The van der Waals surface area contributed by atoms with Crippen LogP contribution in [0.2, 0.25) is 0 Å². The fourth-order valence-corrected chi connectivity index (χ4v) is 2.32. The summed E-state index contributed by atoms with van der Waals surface area (Å²) in [7, 11) is 0. The fourth-order valence-electron chi connectivity index (χ4n) is 1.43. The second-order valence-electron chi connectivity index (χ2n) is 4.07. The average molecular weight is 236 g/mol. The number of aryl methyl sites for hydroxylation is 1. The smallest absolute Gasteiger partial charge is 0.127 e. The second-order valence-corrected chi connectivity index (χ2v) is 4.93. The predicted molar refractivity (Wildman–Crippen MR) is 66.5 cm³/mol. The Morgan fingerprint density at radius 1 is 1.50 bits per heavy atom. The number of thiazole rings is 1. The minimum atomic E-state index is 0.487. The number of furan rings is 1. The van der Waals surface area contributed by atoms with Crippen LogP contribution >= 0.6 is 11.3 Å². The summed E-state index contributed by atoms with van der Waals surface area (Å²) in [6.45, 7) is 7.05. The molecule has 2 heterocycles. The molecule has 0 amide bonds. The van der Waals surface area contributed by atoms with E-state index in [9.17, 15) is 0 Å². The lowest BCUT2D eigenvalue weighted by molar-refractivity contribution is 0.535. The molecule has 0 saturated carbocycles. The SMILES string of the molecule is Cc1occc1-c1nc(CNC(C)C)cs1. The molecule has 86 valence electrons. The zero-order valence-corrected chi connectivity index (χ0v) is 10.6. The van der Waals surface area contributed by atoms with E-state index in [2.05, 4.69) is 29.5 Å². The fraction of sp³-hybridized carbons (Fsp3) is 0.417. The standard InChI is InChI=1S/C12H16N2OS/c1-8(2)13-6-10-7-16-12(14-10)11-4-5-15-9(11)3/h4-5,7-8,13H,6H2,1-3H3. The monoisotopic (exact) mass is 236 g/mol. The Morgan fingerprint density at radius 2 is 2.31 bits per heavy atom. The first-order valence-corrected chi connectivity index (χ1v) is 6.27. The molecule has 3 nitrogen and oxygen atoms in total. The van der Waals surface area contributed by atoms with E-state index < -0.39 is 0 Å². The molecule has 0 fully saturated rings. The predicted octanol–water partition coefficient (Wildman–Crippen LogP) is 3.21. The van der Waals surface area contributed by atoms with Crippen molar-refractivity contribution in [2.24, 2.45) is 0 Å². The first-order chi connectivity index (χ1) is 7.66. The van der Waals surface area contributed by atoms with Crippen LogP contribution in [0, 0.1) is 6.92 Å². The Balaban J connectivity index is 2.11. The molecule has 0 aliphatic carbocycles. The van der Waals surface area contributed by atoms with Crippen LogP contribution in [0.4, 0.5) is 0 Å². The molecule has 2 aromatic rings. The highest BCUT2D eigenvalue weighted by Crippen LogP contribution is 2.27. The van der Waals surface area contributed by atoms with Gasteiger partial charge in [-0.25, -0.2) is 4.98 Å². The van der Waals surface area contributed by atoms with Gasteiger partial charge in [0.05, 0.1) is 17.5 Å². The summed E-state index contributed by atoms with van der Waals surface area (Å²) in [4.78, 5) is 4.58. The number of rotatable bonds is 4. The summed E-state index contributed by atoms with van der Waals surface area (Å²) >= 11 is 1.66. The van der Waals surface area contributed by atoms with Gasteiger partial charge in [0.2, 0.25) is 0 Å². The highest BCUT2D eigenvalue weighted by molar-refractivity contribution is 7.13. The van der Waals surface area contributed by atoms with Gasteiger partial charge in [-0.05, 0) is 13.0 Å². The van der Waals surface area contributed by atoms with Gasteiger partial charge in [-0.15, -0.1) is 11.3 Å². The van der Waals surface area contributed by atoms with Crippen molar-refractivity contribution in [2.75, 3.05) is 0 Å². The molecule has 0 saturated heterocycles. The summed E-state index contributed by atoms with van der Waals surface area (Å²) < 4.78 is 5.28. The topological polar surface area (TPSA) is 38.1 Å². The number of nitrogens with one attached hydrogen (secondary N) is 1. The number of nitrogens with zero attached hydrogens (tertiary/aromatic N) is 1. The normalized spacial score (nSPS) is 11.2. The van der Waals surface area contributed by atoms with Crippen molar-refractivity contribution in [3.05, 3.63) is 29.2 Å². The summed E-state index contributed by atoms with van der Waals surface area (Å²) in [6, 6.07) is 2.45. The molecule has 2 aromatic heterocycles. The Bertz CT molecular complexity index is 459. The van der Waals surface area contributed by atoms with Crippen molar-refractivity contribution in [1.29, 1.82) is 0 Å². The van der Waals surface area contributed by atoms with E-state index >= 15 is 0 Å². The molecule has 0 radical (unpaired) electrons. The van der Waals surface area contributed by atoms with Crippen LogP contribution in [0.5, 0.6) is 0 Å². The molecule has 0 spiro atoms. The quantitative estimate of drug-likeness (QED) is 0.885. The van der Waals surface area contributed by atoms with E-state index in [1.54, 1.807) is 17.6 Å². The van der Waals surface area contributed by atoms with Gasteiger partial charge in [0, 0.05) is 18.0 Å². The van der Waals surface area contributed by atoms with Crippen LogP contribution in [0.3, 0.4) is 0 Å². The lowest BCUT2D eigenvalue weighted by Crippen LogP contribution is -2.21.